The molecule has 0 aliphatic carbocycles. The highest BCUT2D eigenvalue weighted by molar-refractivity contribution is 6.36. The molecule has 36 heavy (non-hydrogen) atoms. The fraction of sp³-hybridized carbons (Fsp3) is 0.321. The molecule has 1 aliphatic rings. The third-order valence-corrected chi connectivity index (χ3v) is 7.11. The van der Waals surface area contributed by atoms with Crippen LogP contribution in [0.15, 0.2) is 54.6 Å². The van der Waals surface area contributed by atoms with Crippen molar-refractivity contribution in [1.82, 2.24) is 10.2 Å². The van der Waals surface area contributed by atoms with Gasteiger partial charge >= 0.3 is 0 Å². The summed E-state index contributed by atoms with van der Waals surface area (Å²) in [6.07, 6.45) is 0.390. The molecule has 0 spiro atoms. The van der Waals surface area contributed by atoms with E-state index in [9.17, 15) is 14.4 Å². The summed E-state index contributed by atoms with van der Waals surface area (Å²) in [5, 5.41) is 5.53. The van der Waals surface area contributed by atoms with Gasteiger partial charge < -0.3 is 10.2 Å². The van der Waals surface area contributed by atoms with Gasteiger partial charge in [0.15, 0.2) is 0 Å². The maximum atomic E-state index is 13.9. The number of benzene rings is 3. The molecule has 1 atom stereocenters. The minimum absolute atomic E-state index is 0.0458. The van der Waals surface area contributed by atoms with Crippen LogP contribution in [0, 0.1) is 5.92 Å². The molecular weight excluding hydrogens is 497 g/mol. The van der Waals surface area contributed by atoms with E-state index in [4.69, 9.17) is 23.2 Å². The number of hydrogen-bond acceptors (Lipinski definition) is 3. The van der Waals surface area contributed by atoms with Crippen molar-refractivity contribution in [3.05, 3.63) is 75.8 Å². The Hall–Kier alpha value is -3.09. The molecule has 1 N–H and O–H groups in total. The van der Waals surface area contributed by atoms with Gasteiger partial charge in [-0.25, -0.2) is 0 Å². The highest BCUT2D eigenvalue weighted by Gasteiger charge is 2.35. The predicted molar refractivity (Wildman–Crippen MR) is 145 cm³/mol. The van der Waals surface area contributed by atoms with E-state index in [1.54, 1.807) is 24.3 Å². The van der Waals surface area contributed by atoms with E-state index < -0.39 is 6.04 Å². The number of rotatable bonds is 9. The van der Waals surface area contributed by atoms with E-state index in [0.717, 1.165) is 10.8 Å². The van der Waals surface area contributed by atoms with Crippen LogP contribution in [-0.4, -0.2) is 41.8 Å². The van der Waals surface area contributed by atoms with Crippen LogP contribution in [0.4, 0.5) is 5.69 Å². The quantitative estimate of drug-likeness (QED) is 0.390. The summed E-state index contributed by atoms with van der Waals surface area (Å²) in [6.45, 7) is 6.19. The fourth-order valence-electron chi connectivity index (χ4n) is 4.56. The molecule has 6 nitrogen and oxygen atoms in total. The lowest BCUT2D eigenvalue weighted by Gasteiger charge is -2.32. The standard InChI is InChI=1S/C28H29Cl2N3O3/c1-4-23(27(35)31-14-17(2)3)32(15-20-21(29)11-7-12-22(20)30)25(34)16-33-24-13-6-9-18-8-5-10-19(26(18)24)28(33)36/h5-13,17,23H,4,14-16H2,1-3H3,(H,31,35). The van der Waals surface area contributed by atoms with Gasteiger partial charge in [-0.1, -0.05) is 74.3 Å². The molecule has 3 aromatic rings. The van der Waals surface area contributed by atoms with Crippen LogP contribution in [0.25, 0.3) is 10.8 Å². The molecule has 188 valence electrons. The van der Waals surface area contributed by atoms with Crippen LogP contribution >= 0.6 is 23.2 Å². The molecule has 0 fully saturated rings. The molecule has 1 aliphatic heterocycles. The Labute approximate surface area is 221 Å². The molecule has 0 aromatic heterocycles. The zero-order valence-corrected chi connectivity index (χ0v) is 22.1. The third kappa shape index (κ3) is 5.06. The molecule has 8 heteroatoms. The number of nitrogens with zero attached hydrogens (tertiary/aromatic N) is 2. The predicted octanol–water partition coefficient (Wildman–Crippen LogP) is 5.69. The van der Waals surface area contributed by atoms with Crippen LogP contribution in [0.5, 0.6) is 0 Å². The average molecular weight is 526 g/mol. The first kappa shape index (κ1) is 26.0. The lowest BCUT2D eigenvalue weighted by atomic mass is 10.1. The Balaban J connectivity index is 1.67. The Morgan fingerprint density at radius 1 is 1.00 bits per heavy atom. The summed E-state index contributed by atoms with van der Waals surface area (Å²) < 4.78 is 0. The van der Waals surface area contributed by atoms with Crippen molar-refractivity contribution in [1.29, 1.82) is 0 Å². The van der Waals surface area contributed by atoms with E-state index in [1.165, 1.54) is 9.80 Å². The van der Waals surface area contributed by atoms with E-state index in [1.807, 2.05) is 51.1 Å². The van der Waals surface area contributed by atoms with Crippen LogP contribution in [0.2, 0.25) is 10.0 Å². The molecule has 0 radical (unpaired) electrons. The summed E-state index contributed by atoms with van der Waals surface area (Å²) >= 11 is 12.9. The monoisotopic (exact) mass is 525 g/mol. The molecule has 1 unspecified atom stereocenters. The Morgan fingerprint density at radius 2 is 1.64 bits per heavy atom. The average Bonchev–Trinajstić information content (AvgIpc) is 3.12. The zero-order chi connectivity index (χ0) is 26.0. The number of nitrogens with one attached hydrogen (secondary N) is 1. The molecule has 0 saturated heterocycles. The van der Waals surface area contributed by atoms with E-state index in [0.29, 0.717) is 39.8 Å². The summed E-state index contributed by atoms with van der Waals surface area (Å²) in [6, 6.07) is 15.6. The molecule has 0 bridgehead atoms. The molecule has 4 rings (SSSR count). The van der Waals surface area contributed by atoms with Gasteiger partial charge in [-0.05, 0) is 42.0 Å². The minimum Gasteiger partial charge on any atom is -0.354 e. The molecule has 1 heterocycles. The van der Waals surface area contributed by atoms with Gasteiger partial charge in [0.05, 0.1) is 5.69 Å². The van der Waals surface area contributed by atoms with Gasteiger partial charge in [-0.2, -0.15) is 0 Å². The Kier molecular flexibility index (Phi) is 7.86. The molecular formula is C28H29Cl2N3O3. The van der Waals surface area contributed by atoms with Crippen LogP contribution in [0.1, 0.15) is 43.1 Å². The second kappa shape index (κ2) is 10.9. The van der Waals surface area contributed by atoms with E-state index in [2.05, 4.69) is 5.32 Å². The summed E-state index contributed by atoms with van der Waals surface area (Å²) in [5.74, 6) is -0.588. The fourth-order valence-corrected chi connectivity index (χ4v) is 5.07. The number of halogens is 2. The van der Waals surface area contributed by atoms with E-state index >= 15 is 0 Å². The van der Waals surface area contributed by atoms with Crippen molar-refractivity contribution in [2.45, 2.75) is 39.8 Å². The first-order valence-corrected chi connectivity index (χ1v) is 12.8. The first-order valence-electron chi connectivity index (χ1n) is 12.1. The van der Waals surface area contributed by atoms with Crippen molar-refractivity contribution in [2.75, 3.05) is 18.0 Å². The minimum atomic E-state index is -0.750. The smallest absolute Gasteiger partial charge is 0.259 e. The number of hydrogen-bond donors (Lipinski definition) is 1. The van der Waals surface area contributed by atoms with E-state index in [-0.39, 0.29) is 36.7 Å². The largest absolute Gasteiger partial charge is 0.354 e. The summed E-state index contributed by atoms with van der Waals surface area (Å²) in [5.41, 5.74) is 1.82. The van der Waals surface area contributed by atoms with Crippen molar-refractivity contribution in [2.24, 2.45) is 5.92 Å². The molecule has 0 saturated carbocycles. The van der Waals surface area contributed by atoms with Gasteiger partial charge in [-0.15, -0.1) is 0 Å². The second-order valence-corrected chi connectivity index (χ2v) is 10.2. The molecule has 3 amide bonds. The summed E-state index contributed by atoms with van der Waals surface area (Å²) in [4.78, 5) is 43.3. The van der Waals surface area contributed by atoms with Crippen molar-refractivity contribution < 1.29 is 14.4 Å². The SMILES string of the molecule is CCC(C(=O)NCC(C)C)N(Cc1c(Cl)cccc1Cl)C(=O)CN1C(=O)c2cccc3cccc1c23. The number of amides is 3. The van der Waals surface area contributed by atoms with Gasteiger partial charge in [0.2, 0.25) is 11.8 Å². The van der Waals surface area contributed by atoms with Crippen molar-refractivity contribution >= 4 is 57.4 Å². The maximum absolute atomic E-state index is 13.9. The third-order valence-electron chi connectivity index (χ3n) is 6.40. The lowest BCUT2D eigenvalue weighted by Crippen LogP contribution is -2.52. The van der Waals surface area contributed by atoms with Gasteiger partial charge in [-0.3, -0.25) is 19.3 Å². The van der Waals surface area contributed by atoms with Crippen molar-refractivity contribution in [3.63, 3.8) is 0 Å². The van der Waals surface area contributed by atoms with Crippen LogP contribution in [0.3, 0.4) is 0 Å². The van der Waals surface area contributed by atoms with Crippen LogP contribution in [-0.2, 0) is 16.1 Å². The second-order valence-electron chi connectivity index (χ2n) is 9.36. The lowest BCUT2D eigenvalue weighted by molar-refractivity contribution is -0.140. The number of anilines is 1. The highest BCUT2D eigenvalue weighted by Crippen LogP contribution is 2.37. The zero-order valence-electron chi connectivity index (χ0n) is 20.6. The number of carbonyl (C=O) groups excluding carboxylic acids is 3. The Bertz CT molecular complexity index is 1300. The van der Waals surface area contributed by atoms with Gasteiger partial charge in [0.1, 0.15) is 12.6 Å². The van der Waals surface area contributed by atoms with Gasteiger partial charge in [0.25, 0.3) is 5.91 Å². The van der Waals surface area contributed by atoms with Gasteiger partial charge in [0, 0.05) is 39.6 Å². The highest BCUT2D eigenvalue weighted by atomic mass is 35.5. The topological polar surface area (TPSA) is 69.7 Å². The van der Waals surface area contributed by atoms with Crippen molar-refractivity contribution in [3.8, 4) is 0 Å². The number of carbonyl (C=O) groups is 3. The normalized spacial score (nSPS) is 13.4. The van der Waals surface area contributed by atoms with Crippen LogP contribution < -0.4 is 10.2 Å². The summed E-state index contributed by atoms with van der Waals surface area (Å²) in [7, 11) is 0. The maximum Gasteiger partial charge on any atom is 0.259 e. The molecule has 3 aromatic carbocycles. The Morgan fingerprint density at radius 3 is 2.28 bits per heavy atom. The first-order chi connectivity index (χ1) is 17.2.